The minimum atomic E-state index is 0.766. The van der Waals surface area contributed by atoms with Crippen molar-refractivity contribution in [1.29, 1.82) is 0 Å². The fourth-order valence-corrected chi connectivity index (χ4v) is 3.48. The first-order valence-corrected chi connectivity index (χ1v) is 8.35. The highest BCUT2D eigenvalue weighted by Gasteiger charge is 2.10. The Kier molecular flexibility index (Phi) is 5.43. The maximum atomic E-state index is 4.61. The van der Waals surface area contributed by atoms with Gasteiger partial charge in [0.1, 0.15) is 11.6 Å². The molecule has 0 saturated heterocycles. The number of hydrogen-bond acceptors (Lipinski definition) is 4. The van der Waals surface area contributed by atoms with E-state index in [1.807, 2.05) is 32.2 Å². The van der Waals surface area contributed by atoms with Crippen LogP contribution in [-0.4, -0.2) is 17.0 Å². The zero-order chi connectivity index (χ0) is 14.5. The largest absolute Gasteiger partial charge is 0.373 e. The van der Waals surface area contributed by atoms with Gasteiger partial charge in [-0.05, 0) is 41.4 Å². The van der Waals surface area contributed by atoms with Crippen LogP contribution >= 0.6 is 27.7 Å². The number of nitrogens with one attached hydrogen (secondary N) is 1. The van der Waals surface area contributed by atoms with Gasteiger partial charge in [0.25, 0.3) is 0 Å². The second kappa shape index (κ2) is 7.09. The van der Waals surface area contributed by atoms with E-state index in [0.29, 0.717) is 0 Å². The molecular formula is C15H18BrN3S. The van der Waals surface area contributed by atoms with Gasteiger partial charge in [-0.15, -0.1) is 11.8 Å². The van der Waals surface area contributed by atoms with Crippen LogP contribution < -0.4 is 5.32 Å². The van der Waals surface area contributed by atoms with Crippen LogP contribution in [0.1, 0.15) is 24.0 Å². The zero-order valence-electron chi connectivity index (χ0n) is 11.9. The summed E-state index contributed by atoms with van der Waals surface area (Å²) in [5, 5.41) is 3.17. The number of thioether (sulfide) groups is 1. The number of benzene rings is 1. The molecule has 1 heterocycles. The highest BCUT2D eigenvalue weighted by molar-refractivity contribution is 9.10. The van der Waals surface area contributed by atoms with E-state index in [0.717, 1.165) is 34.0 Å². The molecule has 3 nitrogen and oxygen atoms in total. The molecule has 0 aliphatic carbocycles. The molecular weight excluding hydrogens is 334 g/mol. The van der Waals surface area contributed by atoms with E-state index >= 15 is 0 Å². The van der Waals surface area contributed by atoms with E-state index in [1.54, 1.807) is 11.8 Å². The molecule has 0 bridgehead atoms. The lowest BCUT2D eigenvalue weighted by atomic mass is 10.1. The average Bonchev–Trinajstić information content (AvgIpc) is 2.45. The van der Waals surface area contributed by atoms with E-state index in [1.165, 1.54) is 10.5 Å². The predicted octanol–water partition coefficient (Wildman–Crippen LogP) is 4.44. The minimum absolute atomic E-state index is 0.766. The lowest BCUT2D eigenvalue weighted by Crippen LogP contribution is -2.06. The van der Waals surface area contributed by atoms with Gasteiger partial charge in [-0.25, -0.2) is 9.97 Å². The molecule has 1 aromatic heterocycles. The lowest BCUT2D eigenvalue weighted by molar-refractivity contribution is 0.941. The van der Waals surface area contributed by atoms with Gasteiger partial charge in [-0.3, -0.25) is 0 Å². The molecule has 1 aromatic carbocycles. The second-order valence-corrected chi connectivity index (χ2v) is 6.25. The maximum absolute atomic E-state index is 4.61. The molecule has 2 aromatic rings. The number of rotatable bonds is 5. The Bertz CT molecular complexity index is 602. The molecule has 2 rings (SSSR count). The second-order valence-electron chi connectivity index (χ2n) is 4.38. The van der Waals surface area contributed by atoms with Crippen LogP contribution in [0.3, 0.4) is 0 Å². The van der Waals surface area contributed by atoms with E-state index in [-0.39, 0.29) is 0 Å². The Labute approximate surface area is 132 Å². The average molecular weight is 352 g/mol. The number of aromatic nitrogens is 2. The quantitative estimate of drug-likeness (QED) is 0.807. The number of hydrogen-bond donors (Lipinski definition) is 1. The van der Waals surface area contributed by atoms with Gasteiger partial charge in [-0.2, -0.15) is 0 Å². The summed E-state index contributed by atoms with van der Waals surface area (Å²) >= 11 is 5.30. The summed E-state index contributed by atoms with van der Waals surface area (Å²) in [6, 6.07) is 8.21. The summed E-state index contributed by atoms with van der Waals surface area (Å²) in [5.41, 5.74) is 2.26. The fourth-order valence-electron chi connectivity index (χ4n) is 2.05. The summed E-state index contributed by atoms with van der Waals surface area (Å²) < 4.78 is 1.11. The molecule has 0 aliphatic heterocycles. The van der Waals surface area contributed by atoms with Crippen molar-refractivity contribution >= 4 is 33.5 Å². The van der Waals surface area contributed by atoms with Crippen molar-refractivity contribution in [2.45, 2.75) is 30.9 Å². The molecule has 0 unspecified atom stereocenters. The number of halogens is 1. The van der Waals surface area contributed by atoms with Crippen molar-refractivity contribution < 1.29 is 0 Å². The Hall–Kier alpha value is -1.07. The van der Waals surface area contributed by atoms with Crippen molar-refractivity contribution in [2.75, 3.05) is 12.4 Å². The van der Waals surface area contributed by atoms with Gasteiger partial charge < -0.3 is 5.32 Å². The Morgan fingerprint density at radius 2 is 2.00 bits per heavy atom. The smallest absolute Gasteiger partial charge is 0.141 e. The normalized spacial score (nSPS) is 10.6. The van der Waals surface area contributed by atoms with Crippen LogP contribution in [0.15, 0.2) is 33.6 Å². The Morgan fingerprint density at radius 1 is 1.25 bits per heavy atom. The molecule has 0 atom stereocenters. The predicted molar refractivity (Wildman–Crippen MR) is 89.4 cm³/mol. The third-order valence-corrected chi connectivity index (χ3v) is 5.07. The van der Waals surface area contributed by atoms with E-state index in [9.17, 15) is 0 Å². The zero-order valence-corrected chi connectivity index (χ0v) is 14.3. The third-order valence-electron chi connectivity index (χ3n) is 3.04. The van der Waals surface area contributed by atoms with Crippen molar-refractivity contribution in [3.05, 3.63) is 45.8 Å². The fraction of sp³-hybridized carbons (Fsp3) is 0.333. The van der Waals surface area contributed by atoms with Gasteiger partial charge in [0.05, 0.1) is 5.75 Å². The van der Waals surface area contributed by atoms with Crippen LogP contribution in [0.2, 0.25) is 0 Å². The van der Waals surface area contributed by atoms with Gasteiger partial charge in [0, 0.05) is 27.7 Å². The van der Waals surface area contributed by atoms with Gasteiger partial charge in [-0.1, -0.05) is 19.1 Å². The summed E-state index contributed by atoms with van der Waals surface area (Å²) in [7, 11) is 1.91. The molecule has 0 saturated carbocycles. The van der Waals surface area contributed by atoms with Crippen molar-refractivity contribution in [2.24, 2.45) is 0 Å². The summed E-state index contributed by atoms with van der Waals surface area (Å²) in [6.07, 6.45) is 0.944. The summed E-state index contributed by atoms with van der Waals surface area (Å²) in [4.78, 5) is 10.4. The van der Waals surface area contributed by atoms with Crippen molar-refractivity contribution in [3.63, 3.8) is 0 Å². The molecule has 5 heteroatoms. The molecule has 1 N–H and O–H groups in total. The molecule has 106 valence electrons. The number of nitrogens with zero attached hydrogens (tertiary/aromatic N) is 2. The minimum Gasteiger partial charge on any atom is -0.373 e. The Morgan fingerprint density at radius 3 is 2.65 bits per heavy atom. The summed E-state index contributed by atoms with van der Waals surface area (Å²) in [5.74, 6) is 2.58. The van der Waals surface area contributed by atoms with Gasteiger partial charge in [0.2, 0.25) is 0 Å². The topological polar surface area (TPSA) is 37.8 Å². The van der Waals surface area contributed by atoms with E-state index < -0.39 is 0 Å². The first-order valence-electron chi connectivity index (χ1n) is 6.57. The summed E-state index contributed by atoms with van der Waals surface area (Å²) in [6.45, 7) is 4.18. The molecule has 0 aliphatic rings. The van der Waals surface area contributed by atoms with Crippen molar-refractivity contribution in [3.8, 4) is 0 Å². The number of aryl methyl sites for hydroxylation is 1. The van der Waals surface area contributed by atoms with Crippen molar-refractivity contribution in [1.82, 2.24) is 9.97 Å². The van der Waals surface area contributed by atoms with E-state index in [4.69, 9.17) is 0 Å². The highest BCUT2D eigenvalue weighted by Crippen LogP contribution is 2.29. The lowest BCUT2D eigenvalue weighted by Gasteiger charge is -2.11. The van der Waals surface area contributed by atoms with Crippen LogP contribution in [0.25, 0.3) is 0 Å². The number of anilines is 1. The molecule has 0 amide bonds. The first kappa shape index (κ1) is 15.3. The van der Waals surface area contributed by atoms with Crippen LogP contribution in [0, 0.1) is 6.92 Å². The first-order chi connectivity index (χ1) is 9.65. The molecule has 20 heavy (non-hydrogen) atoms. The van der Waals surface area contributed by atoms with Crippen LogP contribution in [0.5, 0.6) is 0 Å². The molecule has 0 spiro atoms. The standard InChI is InChI=1S/C15H18BrN3S/c1-4-11-10(2)18-14(19-15(11)17-3)9-20-13-8-6-5-7-12(13)16/h5-8H,4,9H2,1-3H3,(H,17,18,19). The third kappa shape index (κ3) is 3.52. The van der Waals surface area contributed by atoms with Crippen LogP contribution in [-0.2, 0) is 12.2 Å². The van der Waals surface area contributed by atoms with Crippen LogP contribution in [0.4, 0.5) is 5.82 Å². The molecule has 0 radical (unpaired) electrons. The highest BCUT2D eigenvalue weighted by atomic mass is 79.9. The SMILES string of the molecule is CCc1c(C)nc(CSc2ccccc2Br)nc1NC. The van der Waals surface area contributed by atoms with Gasteiger partial charge in [0.15, 0.2) is 0 Å². The maximum Gasteiger partial charge on any atom is 0.141 e. The van der Waals surface area contributed by atoms with E-state index in [2.05, 4.69) is 44.2 Å². The monoisotopic (exact) mass is 351 g/mol. The van der Waals surface area contributed by atoms with Gasteiger partial charge >= 0.3 is 0 Å². The Balaban J connectivity index is 2.18. The molecule has 0 fully saturated rings.